The zero-order valence-corrected chi connectivity index (χ0v) is 27.2. The minimum Gasteiger partial charge on any atom is -0.444 e. The number of rotatable bonds is 6. The summed E-state index contributed by atoms with van der Waals surface area (Å²) >= 11 is 0. The second-order valence-corrected chi connectivity index (χ2v) is 13.6. The summed E-state index contributed by atoms with van der Waals surface area (Å²) in [4.78, 5) is 59.7. The molecule has 46 heavy (non-hydrogen) atoms. The molecule has 0 unspecified atom stereocenters. The Morgan fingerprint density at radius 1 is 1.07 bits per heavy atom. The van der Waals surface area contributed by atoms with E-state index in [9.17, 15) is 23.6 Å². The Morgan fingerprint density at radius 2 is 1.72 bits per heavy atom. The van der Waals surface area contributed by atoms with Crippen LogP contribution in [0.5, 0.6) is 0 Å². The molecule has 1 aliphatic carbocycles. The highest BCUT2D eigenvalue weighted by Crippen LogP contribution is 2.28. The molecule has 1 saturated heterocycles. The van der Waals surface area contributed by atoms with Gasteiger partial charge in [-0.25, -0.2) is 19.0 Å². The van der Waals surface area contributed by atoms with E-state index in [-0.39, 0.29) is 52.6 Å². The summed E-state index contributed by atoms with van der Waals surface area (Å²) in [6, 6.07) is 4.13. The summed E-state index contributed by atoms with van der Waals surface area (Å²) in [6.07, 6.45) is 2.20. The maximum atomic E-state index is 13.7. The molecule has 5 rings (SSSR count). The van der Waals surface area contributed by atoms with Crippen molar-refractivity contribution in [3.05, 3.63) is 46.5 Å². The fraction of sp³-hybridized carbons (Fsp3) is 0.548. The summed E-state index contributed by atoms with van der Waals surface area (Å²) in [6.45, 7) is 11.6. The molecular formula is C31H41FN8O6. The molecule has 3 aromatic heterocycles. The molecule has 248 valence electrons. The third kappa shape index (κ3) is 7.40. The van der Waals surface area contributed by atoms with Gasteiger partial charge in [-0.15, -0.1) is 0 Å². The van der Waals surface area contributed by atoms with Gasteiger partial charge in [0.05, 0.1) is 12.2 Å². The average molecular weight is 641 g/mol. The molecule has 0 bridgehead atoms. The van der Waals surface area contributed by atoms with Gasteiger partial charge in [-0.3, -0.25) is 14.5 Å². The number of piperidine rings is 1. The zero-order valence-electron chi connectivity index (χ0n) is 27.2. The van der Waals surface area contributed by atoms with E-state index in [0.717, 1.165) is 0 Å². The number of hydrogen-bond acceptors (Lipinski definition) is 9. The van der Waals surface area contributed by atoms with Gasteiger partial charge in [0, 0.05) is 44.9 Å². The lowest BCUT2D eigenvalue weighted by Crippen LogP contribution is -2.43. The second-order valence-electron chi connectivity index (χ2n) is 13.6. The fourth-order valence-electron chi connectivity index (χ4n) is 5.08. The molecular weight excluding hydrogens is 599 g/mol. The van der Waals surface area contributed by atoms with Crippen LogP contribution in [0.4, 0.5) is 31.3 Å². The molecule has 3 amide bonds. The number of pyridine rings is 1. The first-order valence-corrected chi connectivity index (χ1v) is 15.3. The van der Waals surface area contributed by atoms with Crippen LogP contribution in [0.1, 0.15) is 77.2 Å². The maximum Gasteiger partial charge on any atom is 0.415 e. The minimum atomic E-state index is -1.10. The van der Waals surface area contributed by atoms with Gasteiger partial charge in [0.1, 0.15) is 40.3 Å². The summed E-state index contributed by atoms with van der Waals surface area (Å²) in [7, 11) is 1.49. The third-order valence-corrected chi connectivity index (χ3v) is 7.48. The van der Waals surface area contributed by atoms with Crippen molar-refractivity contribution in [3.63, 3.8) is 0 Å². The van der Waals surface area contributed by atoms with E-state index in [1.165, 1.54) is 28.7 Å². The van der Waals surface area contributed by atoms with Crippen molar-refractivity contribution < 1.29 is 28.2 Å². The van der Waals surface area contributed by atoms with Gasteiger partial charge in [-0.2, -0.15) is 9.61 Å². The average Bonchev–Trinajstić information content (AvgIpc) is 3.48. The van der Waals surface area contributed by atoms with Crippen LogP contribution in [-0.2, 0) is 9.47 Å². The van der Waals surface area contributed by atoms with E-state index in [0.29, 0.717) is 25.9 Å². The number of nitrogens with zero attached hydrogens (tertiary/aromatic N) is 6. The number of aromatic nitrogens is 4. The highest BCUT2D eigenvalue weighted by Gasteiger charge is 2.39. The summed E-state index contributed by atoms with van der Waals surface area (Å²) < 4.78 is 27.5. The fourth-order valence-corrected chi connectivity index (χ4v) is 5.08. The minimum absolute atomic E-state index is 0.0730. The van der Waals surface area contributed by atoms with Crippen LogP contribution in [0.15, 0.2) is 35.4 Å². The number of amides is 3. The molecule has 0 radical (unpaired) electrons. The van der Waals surface area contributed by atoms with Crippen molar-refractivity contribution in [1.82, 2.24) is 29.4 Å². The smallest absolute Gasteiger partial charge is 0.415 e. The Kier molecular flexibility index (Phi) is 8.71. The van der Waals surface area contributed by atoms with Crippen molar-refractivity contribution in [2.24, 2.45) is 0 Å². The molecule has 2 N–H and O–H groups in total. The van der Waals surface area contributed by atoms with Gasteiger partial charge >= 0.3 is 12.2 Å². The van der Waals surface area contributed by atoms with E-state index in [1.807, 2.05) is 20.8 Å². The molecule has 4 heterocycles. The number of fused-ring (bicyclic) bond motifs is 1. The van der Waals surface area contributed by atoms with E-state index >= 15 is 0 Å². The largest absolute Gasteiger partial charge is 0.444 e. The molecule has 0 spiro atoms. The van der Waals surface area contributed by atoms with E-state index in [2.05, 4.69) is 20.7 Å². The maximum absolute atomic E-state index is 13.7. The lowest BCUT2D eigenvalue weighted by Gasteiger charge is -2.34. The highest BCUT2D eigenvalue weighted by molar-refractivity contribution is 6.01. The van der Waals surface area contributed by atoms with Gasteiger partial charge in [-0.1, -0.05) is 0 Å². The van der Waals surface area contributed by atoms with Crippen LogP contribution >= 0.6 is 0 Å². The number of alkyl halides is 1. The normalized spacial score (nSPS) is 18.7. The van der Waals surface area contributed by atoms with Crippen molar-refractivity contribution >= 4 is 41.1 Å². The van der Waals surface area contributed by atoms with Crippen molar-refractivity contribution in [1.29, 1.82) is 0 Å². The molecule has 15 heteroatoms. The Morgan fingerprint density at radius 3 is 2.33 bits per heavy atom. The van der Waals surface area contributed by atoms with Crippen LogP contribution in [0.3, 0.4) is 0 Å². The number of nitrogens with one attached hydrogen (secondary N) is 2. The van der Waals surface area contributed by atoms with Crippen LogP contribution in [0.2, 0.25) is 0 Å². The summed E-state index contributed by atoms with van der Waals surface area (Å²) in [5, 5.41) is 9.96. The van der Waals surface area contributed by atoms with Crippen LogP contribution in [0, 0.1) is 0 Å². The van der Waals surface area contributed by atoms with Gasteiger partial charge in [0.25, 0.3) is 11.5 Å². The Labute approximate surface area is 265 Å². The standard InChI is InChI=1S/C31H41FN8O6/c1-30(2,3)45-28(43)37(7)24-16-23(36-25-19(17-33-40(24)25)26(41)35-22-15-20(22)32)34-21-9-8-12-39(27(21)42)18-10-13-38(14-11-18)29(44)46-31(4,5)6/h8-9,12,16-18,20,22H,10-11,13-15H2,1-7H3,(H,34,36)(H,35,41)/t20-,22+/m0/s1. The summed E-state index contributed by atoms with van der Waals surface area (Å²) in [5.74, 6) is -0.186. The number of halogens is 1. The van der Waals surface area contributed by atoms with E-state index < -0.39 is 35.4 Å². The zero-order chi connectivity index (χ0) is 33.6. The molecule has 0 aromatic carbocycles. The summed E-state index contributed by atoms with van der Waals surface area (Å²) in [5.41, 5.74) is -1.31. The first kappa shape index (κ1) is 32.7. The van der Waals surface area contributed by atoms with E-state index in [4.69, 9.17) is 9.47 Å². The number of anilines is 3. The molecule has 1 saturated carbocycles. The quantitative estimate of drug-likeness (QED) is 0.399. The molecule has 2 atom stereocenters. The van der Waals surface area contributed by atoms with Crippen LogP contribution in [0.25, 0.3) is 5.65 Å². The lowest BCUT2D eigenvalue weighted by molar-refractivity contribution is 0.0187. The number of ether oxygens (including phenoxy) is 2. The van der Waals surface area contributed by atoms with Crippen LogP contribution < -0.4 is 21.1 Å². The molecule has 2 aliphatic rings. The topological polar surface area (TPSA) is 152 Å². The first-order valence-electron chi connectivity index (χ1n) is 15.3. The molecule has 1 aliphatic heterocycles. The molecule has 2 fully saturated rings. The second kappa shape index (κ2) is 12.2. The number of carbonyl (C=O) groups excluding carboxylic acids is 3. The third-order valence-electron chi connectivity index (χ3n) is 7.48. The van der Waals surface area contributed by atoms with Crippen LogP contribution in [-0.4, -0.2) is 85.7 Å². The predicted octanol–water partition coefficient (Wildman–Crippen LogP) is 4.42. The number of likely N-dealkylation sites (tertiary alicyclic amines) is 1. The SMILES string of the molecule is CN(C(=O)OC(C)(C)C)c1cc(Nc2cccn(C3CCN(C(=O)OC(C)(C)C)CC3)c2=O)nc2c(C(=O)N[C@@H]3C[C@@H]3F)cnn12. The molecule has 14 nitrogen and oxygen atoms in total. The Balaban J connectivity index is 1.43. The van der Waals surface area contributed by atoms with Gasteiger partial charge < -0.3 is 29.6 Å². The predicted molar refractivity (Wildman–Crippen MR) is 168 cm³/mol. The van der Waals surface area contributed by atoms with Gasteiger partial charge in [0.2, 0.25) is 0 Å². The van der Waals surface area contributed by atoms with Crippen molar-refractivity contribution in [2.75, 3.05) is 30.4 Å². The van der Waals surface area contributed by atoms with Gasteiger partial charge in [-0.05, 0) is 66.5 Å². The Hall–Kier alpha value is -4.69. The molecule has 3 aromatic rings. The Bertz CT molecular complexity index is 1700. The first-order chi connectivity index (χ1) is 21.5. The van der Waals surface area contributed by atoms with Gasteiger partial charge in [0.15, 0.2) is 5.65 Å². The number of carbonyl (C=O) groups is 3. The number of hydrogen-bond donors (Lipinski definition) is 2. The highest BCUT2D eigenvalue weighted by atomic mass is 19.1. The van der Waals surface area contributed by atoms with Crippen molar-refractivity contribution in [3.8, 4) is 0 Å². The monoisotopic (exact) mass is 640 g/mol. The lowest BCUT2D eigenvalue weighted by atomic mass is 10.0. The van der Waals surface area contributed by atoms with Crippen molar-refractivity contribution in [2.45, 2.75) is 90.3 Å². The van der Waals surface area contributed by atoms with E-state index in [1.54, 1.807) is 48.6 Å².